The Bertz CT molecular complexity index is 609. The average molecular weight is 291 g/mol. The molecule has 6 heteroatoms. The monoisotopic (exact) mass is 291 g/mol. The Balaban J connectivity index is 1.91. The topological polar surface area (TPSA) is 87.4 Å². The van der Waals surface area contributed by atoms with E-state index in [9.17, 15) is 4.79 Å². The van der Waals surface area contributed by atoms with E-state index in [0.29, 0.717) is 36.0 Å². The highest BCUT2D eigenvalue weighted by Crippen LogP contribution is 2.19. The molecule has 0 saturated carbocycles. The second kappa shape index (κ2) is 7.08. The first-order chi connectivity index (χ1) is 10.1. The molecule has 0 spiro atoms. The smallest absolute Gasteiger partial charge is 0.319 e. The molecular weight excluding hydrogens is 270 g/mol. The lowest BCUT2D eigenvalue weighted by Gasteiger charge is -2.14. The van der Waals surface area contributed by atoms with Crippen LogP contribution in [-0.4, -0.2) is 29.3 Å². The van der Waals surface area contributed by atoms with E-state index in [2.05, 4.69) is 15.6 Å². The molecule has 114 valence electrons. The number of carbonyl (C=O) groups is 1. The van der Waals surface area contributed by atoms with Crippen molar-refractivity contribution in [1.82, 2.24) is 10.3 Å². The number of aliphatic hydroxyl groups is 1. The third kappa shape index (κ3) is 4.19. The number of aromatic nitrogens is 1. The largest absolute Gasteiger partial charge is 0.441 e. The number of carbonyl (C=O) groups excluding carboxylic acids is 1. The number of amides is 2. The van der Waals surface area contributed by atoms with E-state index in [1.54, 1.807) is 19.1 Å². The van der Waals surface area contributed by atoms with E-state index in [4.69, 9.17) is 9.52 Å². The molecule has 0 fully saturated rings. The third-order valence-corrected chi connectivity index (χ3v) is 3.42. The van der Waals surface area contributed by atoms with Gasteiger partial charge in [-0.3, -0.25) is 0 Å². The van der Waals surface area contributed by atoms with E-state index in [-0.39, 0.29) is 12.6 Å². The quantitative estimate of drug-likeness (QED) is 0.763. The molecule has 2 rings (SSSR count). The predicted molar refractivity (Wildman–Crippen MR) is 81.3 cm³/mol. The van der Waals surface area contributed by atoms with Crippen LogP contribution in [0.1, 0.15) is 25.7 Å². The zero-order chi connectivity index (χ0) is 15.2. The molecule has 0 radical (unpaired) electrons. The number of benzene rings is 1. The van der Waals surface area contributed by atoms with Gasteiger partial charge in [0.15, 0.2) is 11.5 Å². The second-order valence-corrected chi connectivity index (χ2v) is 5.04. The van der Waals surface area contributed by atoms with Crippen molar-refractivity contribution in [3.63, 3.8) is 0 Å². The molecule has 0 aliphatic rings. The number of urea groups is 1. The molecule has 3 N–H and O–H groups in total. The summed E-state index contributed by atoms with van der Waals surface area (Å²) in [7, 11) is 0. The number of hydrogen-bond acceptors (Lipinski definition) is 4. The van der Waals surface area contributed by atoms with Crippen LogP contribution < -0.4 is 10.6 Å². The molecule has 2 amide bonds. The van der Waals surface area contributed by atoms with E-state index in [0.717, 1.165) is 11.9 Å². The maximum Gasteiger partial charge on any atom is 0.319 e. The molecule has 6 nitrogen and oxygen atoms in total. The summed E-state index contributed by atoms with van der Waals surface area (Å²) in [6.07, 6.45) is 1.62. The third-order valence-electron chi connectivity index (χ3n) is 3.42. The zero-order valence-corrected chi connectivity index (χ0v) is 12.3. The number of anilines is 1. The van der Waals surface area contributed by atoms with Crippen LogP contribution in [0.2, 0.25) is 0 Å². The normalized spacial score (nSPS) is 12.3. The number of nitrogens with one attached hydrogen (secondary N) is 2. The van der Waals surface area contributed by atoms with E-state index in [1.807, 2.05) is 13.0 Å². The van der Waals surface area contributed by atoms with Crippen LogP contribution in [0.5, 0.6) is 0 Å². The first kappa shape index (κ1) is 15.3. The number of oxazole rings is 1. The minimum atomic E-state index is -0.262. The van der Waals surface area contributed by atoms with E-state index in [1.165, 1.54) is 0 Å². The number of nitrogens with zero attached hydrogens (tertiary/aromatic N) is 1. The summed E-state index contributed by atoms with van der Waals surface area (Å²) in [4.78, 5) is 16.1. The average Bonchev–Trinajstić information content (AvgIpc) is 2.82. The molecule has 1 aromatic carbocycles. The van der Waals surface area contributed by atoms with Gasteiger partial charge < -0.3 is 20.2 Å². The molecule has 2 aromatic rings. The Morgan fingerprint density at radius 3 is 3.00 bits per heavy atom. The fourth-order valence-electron chi connectivity index (χ4n) is 2.16. The van der Waals surface area contributed by atoms with Crippen molar-refractivity contribution in [2.24, 2.45) is 5.92 Å². The first-order valence-electron chi connectivity index (χ1n) is 7.15. The number of fused-ring (bicyclic) bond motifs is 1. The summed E-state index contributed by atoms with van der Waals surface area (Å²) in [6, 6.07) is 5.08. The molecule has 0 aliphatic carbocycles. The Kier molecular flexibility index (Phi) is 5.16. The van der Waals surface area contributed by atoms with Crippen LogP contribution in [0.15, 0.2) is 22.6 Å². The molecule has 0 aliphatic heterocycles. The highest BCUT2D eigenvalue weighted by atomic mass is 16.3. The Labute approximate surface area is 123 Å². The molecule has 1 heterocycles. The van der Waals surface area contributed by atoms with Crippen LogP contribution in [0.25, 0.3) is 11.1 Å². The van der Waals surface area contributed by atoms with Gasteiger partial charge in [0.25, 0.3) is 0 Å². The summed E-state index contributed by atoms with van der Waals surface area (Å²) < 4.78 is 5.43. The van der Waals surface area contributed by atoms with Crippen molar-refractivity contribution in [2.75, 3.05) is 18.5 Å². The Morgan fingerprint density at radius 1 is 1.48 bits per heavy atom. The van der Waals surface area contributed by atoms with Gasteiger partial charge >= 0.3 is 6.03 Å². The van der Waals surface area contributed by atoms with Gasteiger partial charge in [0.1, 0.15) is 5.52 Å². The highest BCUT2D eigenvalue weighted by Gasteiger charge is 2.09. The van der Waals surface area contributed by atoms with Gasteiger partial charge in [0, 0.05) is 31.8 Å². The number of hydrogen-bond donors (Lipinski definition) is 3. The summed E-state index contributed by atoms with van der Waals surface area (Å²) in [5.74, 6) is 0.890. The van der Waals surface area contributed by atoms with Gasteiger partial charge in [-0.2, -0.15) is 0 Å². The maximum absolute atomic E-state index is 11.8. The Hall–Kier alpha value is -2.08. The second-order valence-electron chi connectivity index (χ2n) is 5.04. The Morgan fingerprint density at radius 2 is 2.29 bits per heavy atom. The van der Waals surface area contributed by atoms with Crippen LogP contribution in [0, 0.1) is 12.8 Å². The van der Waals surface area contributed by atoms with E-state index < -0.39 is 0 Å². The lowest BCUT2D eigenvalue weighted by Crippen LogP contribution is -2.33. The van der Waals surface area contributed by atoms with Gasteiger partial charge in [0.05, 0.1) is 0 Å². The van der Waals surface area contributed by atoms with Crippen LogP contribution in [-0.2, 0) is 0 Å². The minimum Gasteiger partial charge on any atom is -0.441 e. The van der Waals surface area contributed by atoms with Crippen LogP contribution >= 0.6 is 0 Å². The predicted octanol–water partition coefficient (Wildman–Crippen LogP) is 2.67. The number of aryl methyl sites for hydroxylation is 1. The molecule has 0 bridgehead atoms. The van der Waals surface area contributed by atoms with Crippen molar-refractivity contribution in [1.29, 1.82) is 0 Å². The lowest BCUT2D eigenvalue weighted by molar-refractivity contribution is 0.238. The zero-order valence-electron chi connectivity index (χ0n) is 12.3. The molecule has 1 unspecified atom stereocenters. The summed E-state index contributed by atoms with van der Waals surface area (Å²) in [5.41, 5.74) is 2.08. The lowest BCUT2D eigenvalue weighted by atomic mass is 10.0. The summed E-state index contributed by atoms with van der Waals surface area (Å²) in [5, 5.41) is 14.5. The van der Waals surface area contributed by atoms with Gasteiger partial charge in [-0.1, -0.05) is 13.3 Å². The molecule has 1 aromatic heterocycles. The highest BCUT2D eigenvalue weighted by molar-refractivity contribution is 5.91. The summed E-state index contributed by atoms with van der Waals surface area (Å²) >= 11 is 0. The van der Waals surface area contributed by atoms with Crippen LogP contribution in [0.3, 0.4) is 0 Å². The summed E-state index contributed by atoms with van der Waals surface area (Å²) in [6.45, 7) is 4.52. The first-order valence-corrected chi connectivity index (χ1v) is 7.15. The molecule has 1 atom stereocenters. The standard InChI is InChI=1S/C15H21N3O3/c1-3-11(6-7-19)9-16-15(20)18-12-4-5-13-14(8-12)21-10(2)17-13/h4-5,8,11,19H,3,6-7,9H2,1-2H3,(H2,16,18,20). The van der Waals surface area contributed by atoms with Crippen molar-refractivity contribution in [3.8, 4) is 0 Å². The maximum atomic E-state index is 11.8. The number of aliphatic hydroxyl groups excluding tert-OH is 1. The number of rotatable bonds is 6. The van der Waals surface area contributed by atoms with Gasteiger partial charge in [0.2, 0.25) is 0 Å². The fourth-order valence-corrected chi connectivity index (χ4v) is 2.16. The molecular formula is C15H21N3O3. The fraction of sp³-hybridized carbons (Fsp3) is 0.467. The SMILES string of the molecule is CCC(CCO)CNC(=O)Nc1ccc2nc(C)oc2c1. The minimum absolute atomic E-state index is 0.142. The van der Waals surface area contributed by atoms with Gasteiger partial charge in [-0.05, 0) is 24.5 Å². The van der Waals surface area contributed by atoms with Crippen LogP contribution in [0.4, 0.5) is 10.5 Å². The van der Waals surface area contributed by atoms with E-state index >= 15 is 0 Å². The van der Waals surface area contributed by atoms with Gasteiger partial charge in [-0.15, -0.1) is 0 Å². The van der Waals surface area contributed by atoms with Crippen molar-refractivity contribution < 1.29 is 14.3 Å². The van der Waals surface area contributed by atoms with Crippen molar-refractivity contribution in [3.05, 3.63) is 24.1 Å². The van der Waals surface area contributed by atoms with Gasteiger partial charge in [-0.25, -0.2) is 9.78 Å². The molecule has 0 saturated heterocycles. The van der Waals surface area contributed by atoms with Crippen molar-refractivity contribution in [2.45, 2.75) is 26.7 Å². The van der Waals surface area contributed by atoms with Crippen molar-refractivity contribution >= 4 is 22.8 Å². The molecule has 21 heavy (non-hydrogen) atoms.